The number of hydrogen-bond donors (Lipinski definition) is 0. The first kappa shape index (κ1) is 10.8. The predicted molar refractivity (Wildman–Crippen MR) is 56.5 cm³/mol. The highest BCUT2D eigenvalue weighted by Gasteiger charge is 2.12. The summed E-state index contributed by atoms with van der Waals surface area (Å²) >= 11 is 1.11. The maximum absolute atomic E-state index is 13.3. The van der Waals surface area contributed by atoms with Crippen LogP contribution in [0.1, 0.15) is 0 Å². The third kappa shape index (κ3) is 2.27. The molecule has 0 amide bonds. The van der Waals surface area contributed by atoms with Gasteiger partial charge in [-0.05, 0) is 12.1 Å². The van der Waals surface area contributed by atoms with Crippen LogP contribution < -0.4 is 0 Å². The monoisotopic (exact) mass is 238 g/mol. The minimum Gasteiger partial charge on any atom is -0.411 e. The summed E-state index contributed by atoms with van der Waals surface area (Å²) in [7, 11) is 0. The molecule has 0 aliphatic rings. The summed E-state index contributed by atoms with van der Waals surface area (Å²) in [4.78, 5) is 10.1. The number of halogens is 1. The lowest BCUT2D eigenvalue weighted by molar-refractivity contribution is -0.105. The molecule has 0 atom stereocenters. The molecule has 0 N–H and O–H groups in total. The van der Waals surface area contributed by atoms with E-state index in [4.69, 9.17) is 4.42 Å². The van der Waals surface area contributed by atoms with Crippen molar-refractivity contribution in [3.05, 3.63) is 30.1 Å². The van der Waals surface area contributed by atoms with Gasteiger partial charge in [-0.1, -0.05) is 23.9 Å². The van der Waals surface area contributed by atoms with Gasteiger partial charge in [-0.25, -0.2) is 4.39 Å². The molecule has 2 aromatic rings. The second kappa shape index (κ2) is 4.89. The highest BCUT2D eigenvalue weighted by atomic mass is 32.2. The van der Waals surface area contributed by atoms with Crippen molar-refractivity contribution in [3.63, 3.8) is 0 Å². The van der Waals surface area contributed by atoms with E-state index in [-0.39, 0.29) is 22.4 Å². The maximum atomic E-state index is 13.3. The Balaban J connectivity index is 2.25. The smallest absolute Gasteiger partial charge is 0.277 e. The lowest BCUT2D eigenvalue weighted by Gasteiger charge is -1.95. The number of rotatable bonds is 4. The van der Waals surface area contributed by atoms with E-state index in [1.54, 1.807) is 18.2 Å². The summed E-state index contributed by atoms with van der Waals surface area (Å²) < 4.78 is 18.5. The molecule has 0 saturated carbocycles. The van der Waals surface area contributed by atoms with Crippen molar-refractivity contribution in [2.45, 2.75) is 5.22 Å². The first-order chi connectivity index (χ1) is 7.81. The highest BCUT2D eigenvalue weighted by Crippen LogP contribution is 2.24. The molecule has 6 heteroatoms. The molecule has 0 unspecified atom stereocenters. The zero-order valence-electron chi connectivity index (χ0n) is 8.09. The Morgan fingerprint density at radius 1 is 1.38 bits per heavy atom. The van der Waals surface area contributed by atoms with Gasteiger partial charge in [0.1, 0.15) is 12.1 Å². The molecule has 82 valence electrons. The number of thioether (sulfide) groups is 1. The molecule has 4 nitrogen and oxygen atoms in total. The summed E-state index contributed by atoms with van der Waals surface area (Å²) in [5.41, 5.74) is 0.257. The van der Waals surface area contributed by atoms with Crippen molar-refractivity contribution in [3.8, 4) is 11.5 Å². The van der Waals surface area contributed by atoms with E-state index in [0.717, 1.165) is 18.0 Å². The van der Waals surface area contributed by atoms with Crippen LogP contribution in [0.3, 0.4) is 0 Å². The van der Waals surface area contributed by atoms with Gasteiger partial charge >= 0.3 is 0 Å². The van der Waals surface area contributed by atoms with Gasteiger partial charge in [0, 0.05) is 0 Å². The first-order valence-corrected chi connectivity index (χ1v) is 5.44. The zero-order valence-corrected chi connectivity index (χ0v) is 8.91. The van der Waals surface area contributed by atoms with Crippen molar-refractivity contribution in [1.29, 1.82) is 0 Å². The van der Waals surface area contributed by atoms with Gasteiger partial charge in [-0.2, -0.15) is 0 Å². The molecule has 0 spiro atoms. The third-order valence-corrected chi connectivity index (χ3v) is 2.50. The van der Waals surface area contributed by atoms with Gasteiger partial charge in [0.2, 0.25) is 0 Å². The predicted octanol–water partition coefficient (Wildman–Crippen LogP) is 2.17. The van der Waals surface area contributed by atoms with Crippen LogP contribution in [0.5, 0.6) is 0 Å². The topological polar surface area (TPSA) is 56.0 Å². The fourth-order valence-corrected chi connectivity index (χ4v) is 1.56. The first-order valence-electron chi connectivity index (χ1n) is 4.46. The summed E-state index contributed by atoms with van der Waals surface area (Å²) in [6.45, 7) is 0. The third-order valence-electron chi connectivity index (χ3n) is 1.79. The van der Waals surface area contributed by atoms with Crippen molar-refractivity contribution in [1.82, 2.24) is 10.2 Å². The van der Waals surface area contributed by atoms with Gasteiger partial charge in [-0.15, -0.1) is 10.2 Å². The lowest BCUT2D eigenvalue weighted by atomic mass is 10.2. The molecule has 0 aliphatic carbocycles. The van der Waals surface area contributed by atoms with E-state index in [2.05, 4.69) is 10.2 Å². The molecule has 2 rings (SSSR count). The highest BCUT2D eigenvalue weighted by molar-refractivity contribution is 7.99. The van der Waals surface area contributed by atoms with Gasteiger partial charge in [0.25, 0.3) is 11.1 Å². The summed E-state index contributed by atoms with van der Waals surface area (Å²) in [6.07, 6.45) is 0.734. The fourth-order valence-electron chi connectivity index (χ4n) is 1.12. The Bertz CT molecular complexity index is 501. The quantitative estimate of drug-likeness (QED) is 0.603. The normalized spacial score (nSPS) is 10.3. The molecule has 1 aromatic carbocycles. The summed E-state index contributed by atoms with van der Waals surface area (Å²) in [6, 6.07) is 6.13. The zero-order chi connectivity index (χ0) is 11.4. The van der Waals surface area contributed by atoms with Crippen molar-refractivity contribution in [2.75, 3.05) is 5.75 Å². The van der Waals surface area contributed by atoms with Crippen molar-refractivity contribution >= 4 is 18.0 Å². The van der Waals surface area contributed by atoms with Crippen LogP contribution in [0.4, 0.5) is 4.39 Å². The van der Waals surface area contributed by atoms with E-state index in [9.17, 15) is 9.18 Å². The van der Waals surface area contributed by atoms with Gasteiger partial charge in [-0.3, -0.25) is 0 Å². The van der Waals surface area contributed by atoms with Gasteiger partial charge in [0.15, 0.2) is 0 Å². The van der Waals surface area contributed by atoms with Crippen LogP contribution in [0.25, 0.3) is 11.5 Å². The maximum Gasteiger partial charge on any atom is 0.277 e. The lowest BCUT2D eigenvalue weighted by Crippen LogP contribution is -1.82. The van der Waals surface area contributed by atoms with Crippen LogP contribution >= 0.6 is 11.8 Å². The van der Waals surface area contributed by atoms with Crippen LogP contribution in [-0.4, -0.2) is 22.2 Å². The van der Waals surface area contributed by atoms with Crippen LogP contribution in [0.15, 0.2) is 33.9 Å². The number of nitrogens with zero attached hydrogens (tertiary/aromatic N) is 2. The number of carbonyl (C=O) groups excluding carboxylic acids is 1. The Kier molecular flexibility index (Phi) is 3.31. The Morgan fingerprint density at radius 2 is 2.19 bits per heavy atom. The second-order valence-corrected chi connectivity index (χ2v) is 3.80. The van der Waals surface area contributed by atoms with Crippen LogP contribution in [0.2, 0.25) is 0 Å². The molecule has 0 bridgehead atoms. The molecule has 0 saturated heterocycles. The van der Waals surface area contributed by atoms with E-state index in [0.29, 0.717) is 0 Å². The fraction of sp³-hybridized carbons (Fsp3) is 0.100. The molecule has 16 heavy (non-hydrogen) atoms. The van der Waals surface area contributed by atoms with E-state index in [1.807, 2.05) is 0 Å². The summed E-state index contributed by atoms with van der Waals surface area (Å²) in [5, 5.41) is 7.65. The van der Waals surface area contributed by atoms with E-state index >= 15 is 0 Å². The SMILES string of the molecule is O=CCSc1nnc(-c2ccccc2F)o1. The van der Waals surface area contributed by atoms with Crippen LogP contribution in [-0.2, 0) is 4.79 Å². The Hall–Kier alpha value is -1.69. The molecule has 1 aromatic heterocycles. The minimum atomic E-state index is -0.418. The number of carbonyl (C=O) groups is 1. The molecule has 0 radical (unpaired) electrons. The number of hydrogen-bond acceptors (Lipinski definition) is 5. The number of benzene rings is 1. The average Bonchev–Trinajstić information content (AvgIpc) is 2.75. The molecular formula is C10H7FN2O2S. The molecule has 0 aliphatic heterocycles. The van der Waals surface area contributed by atoms with Gasteiger partial charge < -0.3 is 9.21 Å². The number of aldehydes is 1. The van der Waals surface area contributed by atoms with E-state index in [1.165, 1.54) is 6.07 Å². The molecular weight excluding hydrogens is 231 g/mol. The van der Waals surface area contributed by atoms with E-state index < -0.39 is 5.82 Å². The average molecular weight is 238 g/mol. The van der Waals surface area contributed by atoms with Crippen LogP contribution in [0, 0.1) is 5.82 Å². The number of aromatic nitrogens is 2. The molecule has 0 fully saturated rings. The van der Waals surface area contributed by atoms with Crippen molar-refractivity contribution in [2.24, 2.45) is 0 Å². The summed E-state index contributed by atoms with van der Waals surface area (Å²) in [5.74, 6) is -0.0663. The largest absolute Gasteiger partial charge is 0.411 e. The second-order valence-electron chi connectivity index (χ2n) is 2.83. The molecule has 1 heterocycles. The Morgan fingerprint density at radius 3 is 2.94 bits per heavy atom. The standard InChI is InChI=1S/C10H7FN2O2S/c11-8-4-2-1-3-7(8)9-12-13-10(15-9)16-6-5-14/h1-5H,6H2. The Labute approximate surface area is 94.9 Å². The van der Waals surface area contributed by atoms with Gasteiger partial charge in [0.05, 0.1) is 11.3 Å². The van der Waals surface area contributed by atoms with Crippen molar-refractivity contribution < 1.29 is 13.6 Å². The minimum absolute atomic E-state index is 0.117.